The average molecular weight is 230 g/mol. The van der Waals surface area contributed by atoms with Gasteiger partial charge in [0.25, 0.3) is 0 Å². The molecule has 0 aromatic heterocycles. The highest BCUT2D eigenvalue weighted by molar-refractivity contribution is 5.67. The average Bonchev–Trinajstić information content (AvgIpc) is 3.03. The molecule has 0 heterocycles. The third-order valence-electron chi connectivity index (χ3n) is 3.22. The first-order valence-electron chi connectivity index (χ1n) is 6.10. The van der Waals surface area contributed by atoms with E-state index in [4.69, 9.17) is 4.74 Å². The highest BCUT2D eigenvalue weighted by Crippen LogP contribution is 2.49. The van der Waals surface area contributed by atoms with Gasteiger partial charge in [0.05, 0.1) is 5.41 Å². The molecule has 0 radical (unpaired) electrons. The van der Waals surface area contributed by atoms with Crippen LogP contribution < -0.4 is 0 Å². The van der Waals surface area contributed by atoms with E-state index in [1.165, 1.54) is 18.1 Å². The van der Waals surface area contributed by atoms with E-state index in [2.05, 4.69) is 25.1 Å². The Bertz CT molecular complexity index is 433. The summed E-state index contributed by atoms with van der Waals surface area (Å²) in [4.78, 5) is 11.0. The molecule has 0 spiro atoms. The Kier molecular flexibility index (Phi) is 3.32. The first-order chi connectivity index (χ1) is 8.19. The van der Waals surface area contributed by atoms with Crippen LogP contribution in [0.5, 0.6) is 0 Å². The molecule has 0 saturated carbocycles. The van der Waals surface area contributed by atoms with Gasteiger partial charge < -0.3 is 4.74 Å². The lowest BCUT2D eigenvalue weighted by Crippen LogP contribution is -2.21. The predicted octanol–water partition coefficient (Wildman–Crippen LogP) is 3.23. The minimum atomic E-state index is -0.212. The third-order valence-corrected chi connectivity index (χ3v) is 3.22. The van der Waals surface area contributed by atoms with E-state index in [9.17, 15) is 4.79 Å². The molecule has 0 unspecified atom stereocenters. The van der Waals surface area contributed by atoms with Crippen LogP contribution in [0.2, 0.25) is 0 Å². The molecule has 2 rings (SSSR count). The van der Waals surface area contributed by atoms with E-state index >= 15 is 0 Å². The van der Waals surface area contributed by atoms with Crippen molar-refractivity contribution in [2.45, 2.75) is 32.1 Å². The minimum Gasteiger partial charge on any atom is -0.464 e. The molecule has 1 aliphatic rings. The van der Waals surface area contributed by atoms with Crippen LogP contribution in [0.25, 0.3) is 0 Å². The highest BCUT2D eigenvalue weighted by Gasteiger charge is 2.45. The molecular weight excluding hydrogens is 212 g/mol. The quantitative estimate of drug-likeness (QED) is 0.573. The van der Waals surface area contributed by atoms with Gasteiger partial charge >= 0.3 is 5.97 Å². The molecule has 0 fully saturated rings. The molecule has 0 amide bonds. The number of hydrogen-bond acceptors (Lipinski definition) is 2. The van der Waals surface area contributed by atoms with Crippen molar-refractivity contribution in [2.24, 2.45) is 0 Å². The lowest BCUT2D eigenvalue weighted by atomic mass is 9.90. The molecule has 2 heteroatoms. The molecule has 90 valence electrons. The van der Waals surface area contributed by atoms with Gasteiger partial charge in [-0.1, -0.05) is 55.3 Å². The Balaban J connectivity index is 2.14. The number of carbonyl (C=O) groups excluding carboxylic acids is 1. The van der Waals surface area contributed by atoms with Crippen molar-refractivity contribution >= 4 is 5.97 Å². The molecule has 1 atom stereocenters. The summed E-state index contributed by atoms with van der Waals surface area (Å²) in [5.41, 5.74) is 2.51. The van der Waals surface area contributed by atoms with Crippen LogP contribution in [0.1, 0.15) is 32.3 Å². The Hall–Kier alpha value is -1.57. The van der Waals surface area contributed by atoms with Gasteiger partial charge in [0.2, 0.25) is 0 Å². The number of rotatable bonds is 5. The van der Waals surface area contributed by atoms with Gasteiger partial charge in [0.1, 0.15) is 6.61 Å². The second kappa shape index (κ2) is 4.74. The second-order valence-corrected chi connectivity index (χ2v) is 4.54. The fraction of sp³-hybridized carbons (Fsp3) is 0.400. The van der Waals surface area contributed by atoms with Crippen LogP contribution in [0.15, 0.2) is 42.0 Å². The standard InChI is InChI=1S/C15H18O2/c1-3-7-14-10-15(14,11-17-12(2)16)13-8-5-4-6-9-13/h4-6,8-10H,3,7,11H2,1-2H3/t15-/m0/s1. The van der Waals surface area contributed by atoms with Crippen molar-refractivity contribution in [1.82, 2.24) is 0 Å². The monoisotopic (exact) mass is 230 g/mol. The van der Waals surface area contributed by atoms with Crippen molar-refractivity contribution in [3.8, 4) is 0 Å². The zero-order chi connectivity index (χ0) is 12.3. The molecule has 1 aromatic rings. The van der Waals surface area contributed by atoms with E-state index in [1.54, 1.807) is 0 Å². The van der Waals surface area contributed by atoms with Crippen molar-refractivity contribution < 1.29 is 9.53 Å². The molecule has 17 heavy (non-hydrogen) atoms. The summed E-state index contributed by atoms with van der Waals surface area (Å²) < 4.78 is 5.21. The summed E-state index contributed by atoms with van der Waals surface area (Å²) in [6.45, 7) is 4.07. The van der Waals surface area contributed by atoms with E-state index in [0.29, 0.717) is 6.61 Å². The third kappa shape index (κ3) is 2.41. The minimum absolute atomic E-state index is 0.108. The SMILES string of the molecule is CCCC1=C[C@]1(COC(C)=O)c1ccccc1. The van der Waals surface area contributed by atoms with Crippen molar-refractivity contribution in [2.75, 3.05) is 6.61 Å². The van der Waals surface area contributed by atoms with Gasteiger partial charge in [-0.25, -0.2) is 0 Å². The van der Waals surface area contributed by atoms with Gasteiger partial charge in [0.15, 0.2) is 0 Å². The summed E-state index contributed by atoms with van der Waals surface area (Å²) >= 11 is 0. The summed E-state index contributed by atoms with van der Waals surface area (Å²) in [6, 6.07) is 10.3. The van der Waals surface area contributed by atoms with E-state index in [-0.39, 0.29) is 11.4 Å². The van der Waals surface area contributed by atoms with Crippen molar-refractivity contribution in [3.05, 3.63) is 47.5 Å². The van der Waals surface area contributed by atoms with Gasteiger partial charge in [-0.05, 0) is 12.0 Å². The first-order valence-corrected chi connectivity index (χ1v) is 6.10. The molecule has 0 bridgehead atoms. The Morgan fingerprint density at radius 1 is 1.29 bits per heavy atom. The molecule has 2 nitrogen and oxygen atoms in total. The van der Waals surface area contributed by atoms with Crippen LogP contribution in [-0.4, -0.2) is 12.6 Å². The number of hydrogen-bond donors (Lipinski definition) is 0. The zero-order valence-electron chi connectivity index (χ0n) is 10.4. The van der Waals surface area contributed by atoms with E-state index < -0.39 is 0 Å². The lowest BCUT2D eigenvalue weighted by molar-refractivity contribution is -0.141. The highest BCUT2D eigenvalue weighted by atomic mass is 16.5. The molecule has 0 N–H and O–H groups in total. The van der Waals surface area contributed by atoms with Crippen molar-refractivity contribution in [3.63, 3.8) is 0 Å². The molecular formula is C15H18O2. The van der Waals surface area contributed by atoms with Crippen LogP contribution in [0, 0.1) is 0 Å². The van der Waals surface area contributed by atoms with Crippen LogP contribution in [-0.2, 0) is 14.9 Å². The summed E-state index contributed by atoms with van der Waals surface area (Å²) in [5.74, 6) is -0.212. The molecule has 0 saturated heterocycles. The van der Waals surface area contributed by atoms with Crippen LogP contribution >= 0.6 is 0 Å². The van der Waals surface area contributed by atoms with Gasteiger partial charge in [-0.15, -0.1) is 0 Å². The smallest absolute Gasteiger partial charge is 0.302 e. The van der Waals surface area contributed by atoms with Crippen LogP contribution in [0.4, 0.5) is 0 Å². The number of carbonyl (C=O) groups is 1. The maximum atomic E-state index is 11.0. The molecule has 1 aliphatic carbocycles. The van der Waals surface area contributed by atoms with Crippen molar-refractivity contribution in [1.29, 1.82) is 0 Å². The molecule has 0 aliphatic heterocycles. The maximum Gasteiger partial charge on any atom is 0.302 e. The number of ether oxygens (including phenoxy) is 1. The first kappa shape index (κ1) is 11.9. The summed E-state index contributed by atoms with van der Waals surface area (Å²) in [6.07, 6.45) is 4.44. The predicted molar refractivity (Wildman–Crippen MR) is 67.7 cm³/mol. The second-order valence-electron chi connectivity index (χ2n) is 4.54. The van der Waals surface area contributed by atoms with Crippen LogP contribution in [0.3, 0.4) is 0 Å². The van der Waals surface area contributed by atoms with Gasteiger partial charge in [-0.2, -0.15) is 0 Å². The largest absolute Gasteiger partial charge is 0.464 e. The van der Waals surface area contributed by atoms with Gasteiger partial charge in [0, 0.05) is 6.92 Å². The Labute approximate surface area is 102 Å². The summed E-state index contributed by atoms with van der Waals surface area (Å²) in [7, 11) is 0. The Morgan fingerprint density at radius 3 is 2.59 bits per heavy atom. The lowest BCUT2D eigenvalue weighted by Gasteiger charge is -2.19. The van der Waals surface area contributed by atoms with E-state index in [0.717, 1.165) is 12.8 Å². The Morgan fingerprint density at radius 2 is 2.00 bits per heavy atom. The summed E-state index contributed by atoms with van der Waals surface area (Å²) in [5, 5.41) is 0. The zero-order valence-corrected chi connectivity index (χ0v) is 10.4. The fourth-order valence-electron chi connectivity index (χ4n) is 2.26. The number of esters is 1. The fourth-order valence-corrected chi connectivity index (χ4v) is 2.26. The topological polar surface area (TPSA) is 26.3 Å². The molecule has 1 aromatic carbocycles. The normalized spacial score (nSPS) is 21.9. The number of benzene rings is 1. The van der Waals surface area contributed by atoms with E-state index in [1.807, 2.05) is 18.2 Å². The maximum absolute atomic E-state index is 11.0. The van der Waals surface area contributed by atoms with Gasteiger partial charge in [-0.3, -0.25) is 4.79 Å².